The van der Waals surface area contributed by atoms with Gasteiger partial charge in [-0.1, -0.05) is 78.1 Å². The highest BCUT2D eigenvalue weighted by Crippen LogP contribution is 2.09. The van der Waals surface area contributed by atoms with Gasteiger partial charge in [0.1, 0.15) is 6.42 Å². The molecule has 0 fully saturated rings. The third-order valence-electron chi connectivity index (χ3n) is 4.21. The summed E-state index contributed by atoms with van der Waals surface area (Å²) in [6.45, 7) is 4.27. The van der Waals surface area contributed by atoms with Gasteiger partial charge in [0.05, 0.1) is 0 Å². The van der Waals surface area contributed by atoms with E-state index in [1.807, 2.05) is 0 Å². The monoisotopic (exact) mass is 384 g/mol. The first-order chi connectivity index (χ1) is 13.0. The molecule has 27 heavy (non-hydrogen) atoms. The lowest BCUT2D eigenvalue weighted by Gasteiger charge is -2.04. The van der Waals surface area contributed by atoms with Crippen LogP contribution in [0.4, 0.5) is 0 Å². The molecule has 0 atom stereocenters. The second kappa shape index (κ2) is 17.7. The molecule has 0 aliphatic rings. The first-order valence-corrected chi connectivity index (χ1v) is 10.5. The largest absolute Gasteiger partial charge is 0.393 e. The van der Waals surface area contributed by atoms with Gasteiger partial charge in [-0.05, 0) is 12.8 Å². The number of rotatable bonds is 16. The van der Waals surface area contributed by atoms with E-state index in [9.17, 15) is 19.2 Å². The number of ether oxygens (including phenoxy) is 2. The number of carbonyl (C=O) groups is 4. The van der Waals surface area contributed by atoms with Gasteiger partial charge >= 0.3 is 23.9 Å². The fourth-order valence-corrected chi connectivity index (χ4v) is 2.65. The van der Waals surface area contributed by atoms with Gasteiger partial charge in [-0.2, -0.15) is 0 Å². The van der Waals surface area contributed by atoms with E-state index >= 15 is 0 Å². The van der Waals surface area contributed by atoms with Crippen molar-refractivity contribution in [1.29, 1.82) is 0 Å². The molecule has 0 aliphatic carbocycles. The van der Waals surface area contributed by atoms with Crippen LogP contribution in [0.1, 0.15) is 110 Å². The van der Waals surface area contributed by atoms with Crippen LogP contribution in [0.15, 0.2) is 0 Å². The van der Waals surface area contributed by atoms with Crippen molar-refractivity contribution in [3.63, 3.8) is 0 Å². The van der Waals surface area contributed by atoms with Gasteiger partial charge in [-0.15, -0.1) is 0 Å². The molecule has 0 unspecified atom stereocenters. The third-order valence-corrected chi connectivity index (χ3v) is 4.21. The van der Waals surface area contributed by atoms with Crippen molar-refractivity contribution < 1.29 is 28.7 Å². The first kappa shape index (κ1) is 25.3. The van der Waals surface area contributed by atoms with Crippen LogP contribution < -0.4 is 0 Å². The Labute approximate surface area is 163 Å². The minimum Gasteiger partial charge on any atom is -0.393 e. The van der Waals surface area contributed by atoms with Crippen molar-refractivity contribution in [2.24, 2.45) is 0 Å². The predicted molar refractivity (Wildman–Crippen MR) is 103 cm³/mol. The first-order valence-electron chi connectivity index (χ1n) is 10.5. The number of unbranched alkanes of at least 4 members (excludes halogenated alkanes) is 10. The Hall–Kier alpha value is -1.72. The van der Waals surface area contributed by atoms with E-state index in [1.165, 1.54) is 12.8 Å². The smallest absolute Gasteiger partial charge is 0.324 e. The number of hydrogen-bond donors (Lipinski definition) is 0. The SMILES string of the molecule is CCCCCCCCC(=O)OC(=O)CC(=O)OC(=O)CCCCCCCC. The van der Waals surface area contributed by atoms with Gasteiger partial charge < -0.3 is 9.47 Å². The van der Waals surface area contributed by atoms with Crippen molar-refractivity contribution >= 4 is 23.9 Å². The van der Waals surface area contributed by atoms with E-state index in [1.54, 1.807) is 0 Å². The zero-order valence-electron chi connectivity index (χ0n) is 17.1. The zero-order valence-corrected chi connectivity index (χ0v) is 17.1. The summed E-state index contributed by atoms with van der Waals surface area (Å²) in [5, 5.41) is 0. The zero-order chi connectivity index (χ0) is 20.3. The van der Waals surface area contributed by atoms with Crippen LogP contribution in [0.5, 0.6) is 0 Å². The number of carbonyl (C=O) groups excluding carboxylic acids is 4. The Morgan fingerprint density at radius 1 is 0.481 bits per heavy atom. The summed E-state index contributed by atoms with van der Waals surface area (Å²) >= 11 is 0. The van der Waals surface area contributed by atoms with Gasteiger partial charge in [0.25, 0.3) is 0 Å². The molecule has 0 aromatic carbocycles. The Kier molecular flexibility index (Phi) is 16.6. The lowest BCUT2D eigenvalue weighted by Crippen LogP contribution is -2.19. The lowest BCUT2D eigenvalue weighted by atomic mass is 10.1. The maximum Gasteiger partial charge on any atom is 0.324 e. The molecule has 0 aliphatic heterocycles. The fraction of sp³-hybridized carbons (Fsp3) is 0.810. The second-order valence-corrected chi connectivity index (χ2v) is 6.90. The average molecular weight is 385 g/mol. The van der Waals surface area contributed by atoms with Crippen LogP contribution >= 0.6 is 0 Å². The summed E-state index contributed by atoms with van der Waals surface area (Å²) in [5.74, 6) is -3.21. The molecule has 0 amide bonds. The molecule has 0 aromatic rings. The van der Waals surface area contributed by atoms with Crippen LogP contribution in [0.3, 0.4) is 0 Å². The van der Waals surface area contributed by atoms with E-state index in [0.29, 0.717) is 12.8 Å². The molecule has 0 heterocycles. The van der Waals surface area contributed by atoms with Crippen molar-refractivity contribution in [2.45, 2.75) is 110 Å². The molecule has 6 heteroatoms. The minimum absolute atomic E-state index is 0.157. The summed E-state index contributed by atoms with van der Waals surface area (Å²) in [6, 6.07) is 0. The van der Waals surface area contributed by atoms with Gasteiger partial charge in [0.15, 0.2) is 0 Å². The molecule has 0 saturated heterocycles. The predicted octanol–water partition coefficient (Wildman–Crippen LogP) is 5.02. The normalized spacial score (nSPS) is 10.4. The van der Waals surface area contributed by atoms with E-state index in [0.717, 1.165) is 51.4 Å². The number of esters is 4. The van der Waals surface area contributed by atoms with Crippen molar-refractivity contribution in [2.75, 3.05) is 0 Å². The Balaban J connectivity index is 3.73. The Bertz CT molecular complexity index is 404. The van der Waals surface area contributed by atoms with Crippen molar-refractivity contribution in [3.05, 3.63) is 0 Å². The molecular formula is C21H36O6. The highest BCUT2D eigenvalue weighted by molar-refractivity contribution is 5.99. The van der Waals surface area contributed by atoms with Gasteiger partial charge in [-0.3, -0.25) is 19.2 Å². The third kappa shape index (κ3) is 17.5. The highest BCUT2D eigenvalue weighted by Gasteiger charge is 2.18. The van der Waals surface area contributed by atoms with Crippen LogP contribution in [0, 0.1) is 0 Å². The average Bonchev–Trinajstić information content (AvgIpc) is 2.60. The quantitative estimate of drug-likeness (QED) is 0.211. The van der Waals surface area contributed by atoms with Gasteiger partial charge in [0, 0.05) is 12.8 Å². The molecule has 0 radical (unpaired) electrons. The maximum absolute atomic E-state index is 11.5. The van der Waals surface area contributed by atoms with Crippen LogP contribution in [0.2, 0.25) is 0 Å². The molecule has 156 valence electrons. The summed E-state index contributed by atoms with van der Waals surface area (Å²) in [4.78, 5) is 46.1. The second-order valence-electron chi connectivity index (χ2n) is 6.90. The molecule has 0 bridgehead atoms. The van der Waals surface area contributed by atoms with E-state index in [4.69, 9.17) is 0 Å². The molecule has 0 rings (SSSR count). The van der Waals surface area contributed by atoms with Crippen molar-refractivity contribution in [1.82, 2.24) is 0 Å². The number of hydrogen-bond acceptors (Lipinski definition) is 6. The van der Waals surface area contributed by atoms with Crippen LogP contribution in [-0.2, 0) is 28.7 Å². The van der Waals surface area contributed by atoms with Gasteiger partial charge in [-0.25, -0.2) is 0 Å². The molecule has 6 nitrogen and oxygen atoms in total. The molecule has 0 spiro atoms. The van der Waals surface area contributed by atoms with E-state index in [2.05, 4.69) is 23.3 Å². The summed E-state index contributed by atoms with van der Waals surface area (Å²) in [5.41, 5.74) is 0. The van der Waals surface area contributed by atoms with Gasteiger partial charge in [0.2, 0.25) is 0 Å². The summed E-state index contributed by atoms with van der Waals surface area (Å²) in [6.07, 6.45) is 11.8. The standard InChI is InChI=1S/C21H36O6/c1-3-5-7-9-11-13-15-18(22)26-20(24)17-21(25)27-19(23)16-14-12-10-8-6-4-2/h3-17H2,1-2H3. The topological polar surface area (TPSA) is 86.7 Å². The Morgan fingerprint density at radius 3 is 1.19 bits per heavy atom. The minimum atomic E-state index is -0.969. The molecule has 0 N–H and O–H groups in total. The van der Waals surface area contributed by atoms with Crippen molar-refractivity contribution in [3.8, 4) is 0 Å². The highest BCUT2D eigenvalue weighted by atomic mass is 16.6. The maximum atomic E-state index is 11.5. The summed E-state index contributed by atoms with van der Waals surface area (Å²) < 4.78 is 9.15. The molecular weight excluding hydrogens is 348 g/mol. The summed E-state index contributed by atoms with van der Waals surface area (Å²) in [7, 11) is 0. The lowest BCUT2D eigenvalue weighted by molar-refractivity contribution is -0.165. The fourth-order valence-electron chi connectivity index (χ4n) is 2.65. The van der Waals surface area contributed by atoms with E-state index in [-0.39, 0.29) is 12.8 Å². The van der Waals surface area contributed by atoms with E-state index < -0.39 is 30.3 Å². The van der Waals surface area contributed by atoms with Crippen LogP contribution in [-0.4, -0.2) is 23.9 Å². The Morgan fingerprint density at radius 2 is 0.815 bits per heavy atom. The molecule has 0 saturated carbocycles. The molecule has 0 aromatic heterocycles. The van der Waals surface area contributed by atoms with Crippen LogP contribution in [0.25, 0.3) is 0 Å².